The minimum Gasteiger partial charge on any atom is -0.508 e. The molecule has 5 heteroatoms. The summed E-state index contributed by atoms with van der Waals surface area (Å²) in [6.45, 7) is 0. The van der Waals surface area contributed by atoms with Gasteiger partial charge in [0.25, 0.3) is 0 Å². The van der Waals surface area contributed by atoms with E-state index in [1.165, 1.54) is 24.4 Å². The van der Waals surface area contributed by atoms with Crippen LogP contribution in [0.25, 0.3) is 11.3 Å². The van der Waals surface area contributed by atoms with E-state index < -0.39 is 0 Å². The predicted molar refractivity (Wildman–Crippen MR) is 55.8 cm³/mol. The van der Waals surface area contributed by atoms with Crippen molar-refractivity contribution < 1.29 is 10.2 Å². The Morgan fingerprint density at radius 1 is 1.13 bits per heavy atom. The lowest BCUT2D eigenvalue weighted by molar-refractivity contribution is 0.461. The molecule has 0 spiro atoms. The van der Waals surface area contributed by atoms with Gasteiger partial charge in [-0.2, -0.15) is 0 Å². The minimum absolute atomic E-state index is 0.0302. The number of rotatable bonds is 1. The van der Waals surface area contributed by atoms with Gasteiger partial charge in [0.05, 0.1) is 5.69 Å². The molecule has 0 aliphatic carbocycles. The molecule has 0 saturated heterocycles. The van der Waals surface area contributed by atoms with E-state index in [1.54, 1.807) is 6.07 Å². The van der Waals surface area contributed by atoms with Crippen LogP contribution in [0.4, 0.5) is 0 Å². The van der Waals surface area contributed by atoms with E-state index in [0.717, 1.165) is 0 Å². The maximum atomic E-state index is 9.56. The SMILES string of the molecule is Oc1ccc(O)c(-c2ccnc(Cl)n2)c1. The summed E-state index contributed by atoms with van der Waals surface area (Å²) in [6.07, 6.45) is 1.48. The Hall–Kier alpha value is -1.81. The summed E-state index contributed by atoms with van der Waals surface area (Å²) in [4.78, 5) is 7.66. The molecule has 0 aliphatic rings. The van der Waals surface area contributed by atoms with Gasteiger partial charge in [-0.1, -0.05) is 0 Å². The molecule has 2 aromatic rings. The highest BCUT2D eigenvalue weighted by Crippen LogP contribution is 2.30. The van der Waals surface area contributed by atoms with Crippen LogP contribution < -0.4 is 0 Å². The molecule has 1 aromatic heterocycles. The molecule has 0 radical (unpaired) electrons. The number of phenolic OH excluding ortho intramolecular Hbond substituents is 2. The number of aromatic hydroxyl groups is 2. The van der Waals surface area contributed by atoms with E-state index in [9.17, 15) is 10.2 Å². The third kappa shape index (κ3) is 1.99. The fourth-order valence-electron chi connectivity index (χ4n) is 1.21. The minimum atomic E-state index is 0.0302. The molecule has 4 nitrogen and oxygen atoms in total. The molecule has 2 rings (SSSR count). The van der Waals surface area contributed by atoms with Crippen molar-refractivity contribution in [3.05, 3.63) is 35.7 Å². The number of hydrogen-bond acceptors (Lipinski definition) is 4. The van der Waals surface area contributed by atoms with Crippen LogP contribution in [0, 0.1) is 0 Å². The number of phenols is 2. The maximum Gasteiger partial charge on any atom is 0.222 e. The summed E-state index contributed by atoms with van der Waals surface area (Å²) in [5.74, 6) is 0.0834. The van der Waals surface area contributed by atoms with Crippen molar-refractivity contribution >= 4 is 11.6 Å². The number of hydrogen-bond donors (Lipinski definition) is 2. The average Bonchev–Trinajstić information content (AvgIpc) is 2.22. The van der Waals surface area contributed by atoms with Crippen LogP contribution in [0.3, 0.4) is 0 Å². The highest BCUT2D eigenvalue weighted by molar-refractivity contribution is 6.28. The molecule has 2 N–H and O–H groups in total. The molecule has 1 heterocycles. The zero-order chi connectivity index (χ0) is 10.8. The zero-order valence-electron chi connectivity index (χ0n) is 7.55. The van der Waals surface area contributed by atoms with Crippen LogP contribution in [-0.4, -0.2) is 20.2 Å². The standard InChI is InChI=1S/C10H7ClN2O2/c11-10-12-4-3-8(13-10)7-5-6(14)1-2-9(7)15/h1-5,14-15H. The summed E-state index contributed by atoms with van der Waals surface area (Å²) in [5, 5.41) is 18.9. The van der Waals surface area contributed by atoms with Crippen molar-refractivity contribution in [2.45, 2.75) is 0 Å². The first-order valence-electron chi connectivity index (χ1n) is 4.18. The van der Waals surface area contributed by atoms with Crippen LogP contribution in [0.5, 0.6) is 11.5 Å². The van der Waals surface area contributed by atoms with E-state index in [1.807, 2.05) is 0 Å². The summed E-state index contributed by atoms with van der Waals surface area (Å²) in [6, 6.07) is 5.79. The second-order valence-electron chi connectivity index (χ2n) is 2.91. The Bertz CT molecular complexity index is 503. The van der Waals surface area contributed by atoms with Crippen LogP contribution in [0.1, 0.15) is 0 Å². The van der Waals surface area contributed by atoms with Gasteiger partial charge in [-0.15, -0.1) is 0 Å². The molecule has 0 aliphatic heterocycles. The second-order valence-corrected chi connectivity index (χ2v) is 3.25. The topological polar surface area (TPSA) is 66.2 Å². The Kier molecular flexibility index (Phi) is 2.43. The highest BCUT2D eigenvalue weighted by atomic mass is 35.5. The first kappa shape index (κ1) is 9.73. The van der Waals surface area contributed by atoms with Crippen molar-refractivity contribution in [1.82, 2.24) is 9.97 Å². The summed E-state index contributed by atoms with van der Waals surface area (Å²) >= 11 is 5.62. The maximum absolute atomic E-state index is 9.56. The fraction of sp³-hybridized carbons (Fsp3) is 0. The van der Waals surface area contributed by atoms with E-state index >= 15 is 0 Å². The monoisotopic (exact) mass is 222 g/mol. The molecular weight excluding hydrogens is 216 g/mol. The molecule has 76 valence electrons. The lowest BCUT2D eigenvalue weighted by Gasteiger charge is -2.04. The molecular formula is C10H7ClN2O2. The molecule has 1 aromatic carbocycles. The molecule has 15 heavy (non-hydrogen) atoms. The van der Waals surface area contributed by atoms with Crippen molar-refractivity contribution in [3.63, 3.8) is 0 Å². The normalized spacial score (nSPS) is 10.2. The molecule has 0 unspecified atom stereocenters. The van der Waals surface area contributed by atoms with Gasteiger partial charge in [-0.05, 0) is 35.9 Å². The third-order valence-electron chi connectivity index (χ3n) is 1.88. The van der Waals surface area contributed by atoms with Gasteiger partial charge in [-0.3, -0.25) is 0 Å². The summed E-state index contributed by atoms with van der Waals surface area (Å²) < 4.78 is 0. The van der Waals surface area contributed by atoms with Crippen LogP contribution in [-0.2, 0) is 0 Å². The first-order chi connectivity index (χ1) is 7.16. The van der Waals surface area contributed by atoms with E-state index in [-0.39, 0.29) is 16.8 Å². The van der Waals surface area contributed by atoms with Crippen LogP contribution in [0.15, 0.2) is 30.5 Å². The quantitative estimate of drug-likeness (QED) is 0.574. The lowest BCUT2D eigenvalue weighted by atomic mass is 10.1. The van der Waals surface area contributed by atoms with E-state index in [0.29, 0.717) is 11.3 Å². The van der Waals surface area contributed by atoms with Crippen molar-refractivity contribution in [1.29, 1.82) is 0 Å². The fourth-order valence-corrected chi connectivity index (χ4v) is 1.36. The largest absolute Gasteiger partial charge is 0.508 e. The third-order valence-corrected chi connectivity index (χ3v) is 2.06. The number of benzene rings is 1. The average molecular weight is 223 g/mol. The highest BCUT2D eigenvalue weighted by Gasteiger charge is 2.07. The van der Waals surface area contributed by atoms with Gasteiger partial charge in [0, 0.05) is 11.8 Å². The Morgan fingerprint density at radius 3 is 2.67 bits per heavy atom. The number of aromatic nitrogens is 2. The lowest BCUT2D eigenvalue weighted by Crippen LogP contribution is -1.86. The van der Waals surface area contributed by atoms with Gasteiger partial charge in [0.15, 0.2) is 0 Å². The van der Waals surface area contributed by atoms with Gasteiger partial charge < -0.3 is 10.2 Å². The smallest absolute Gasteiger partial charge is 0.222 e. The Balaban J connectivity index is 2.58. The first-order valence-corrected chi connectivity index (χ1v) is 4.55. The molecule has 0 saturated carbocycles. The summed E-state index contributed by atoms with van der Waals surface area (Å²) in [7, 11) is 0. The van der Waals surface area contributed by atoms with E-state index in [4.69, 9.17) is 11.6 Å². The van der Waals surface area contributed by atoms with Crippen LogP contribution in [0.2, 0.25) is 5.28 Å². The molecule has 0 bridgehead atoms. The van der Waals surface area contributed by atoms with Gasteiger partial charge in [0.2, 0.25) is 5.28 Å². The van der Waals surface area contributed by atoms with Gasteiger partial charge >= 0.3 is 0 Å². The van der Waals surface area contributed by atoms with E-state index in [2.05, 4.69) is 9.97 Å². The van der Waals surface area contributed by atoms with Crippen molar-refractivity contribution in [3.8, 4) is 22.8 Å². The van der Waals surface area contributed by atoms with Crippen molar-refractivity contribution in [2.24, 2.45) is 0 Å². The predicted octanol–water partition coefficient (Wildman–Crippen LogP) is 2.21. The Labute approximate surface area is 90.8 Å². The zero-order valence-corrected chi connectivity index (χ0v) is 8.31. The van der Waals surface area contributed by atoms with Gasteiger partial charge in [-0.25, -0.2) is 9.97 Å². The molecule has 0 atom stereocenters. The van der Waals surface area contributed by atoms with Crippen molar-refractivity contribution in [2.75, 3.05) is 0 Å². The molecule has 0 amide bonds. The summed E-state index contributed by atoms with van der Waals surface area (Å²) in [5.41, 5.74) is 0.878. The number of nitrogens with zero attached hydrogens (tertiary/aromatic N) is 2. The van der Waals surface area contributed by atoms with Crippen LogP contribution >= 0.6 is 11.6 Å². The molecule has 0 fully saturated rings. The Morgan fingerprint density at radius 2 is 1.93 bits per heavy atom. The van der Waals surface area contributed by atoms with Gasteiger partial charge in [0.1, 0.15) is 11.5 Å². The second kappa shape index (κ2) is 3.74. The number of halogens is 1.